The lowest BCUT2D eigenvalue weighted by atomic mass is 10.2. The standard InChI is InChI=1S/C20H25FN4O3/c1-14(2)9-24-10-18(28-13-15-4-3-5-17(21)6-15)11-25(12-19(24)26)20(27)16-7-22-23-8-16/h3-8,14,18H,9-13H2,1-2H3,(H,22,23)/t18-/m1/s1. The summed E-state index contributed by atoms with van der Waals surface area (Å²) in [6.07, 6.45) is 2.57. The number of carbonyl (C=O) groups excluding carboxylic acids is 2. The number of rotatable bonds is 6. The number of amides is 2. The largest absolute Gasteiger partial charge is 0.370 e. The van der Waals surface area contributed by atoms with Crippen LogP contribution >= 0.6 is 0 Å². The Balaban J connectivity index is 1.75. The summed E-state index contributed by atoms with van der Waals surface area (Å²) < 4.78 is 19.4. The van der Waals surface area contributed by atoms with E-state index in [-0.39, 0.29) is 43.4 Å². The molecular weight excluding hydrogens is 363 g/mol. The molecule has 7 nitrogen and oxygen atoms in total. The number of aromatic amines is 1. The summed E-state index contributed by atoms with van der Waals surface area (Å²) in [5.74, 6) is -0.408. The minimum atomic E-state index is -0.371. The van der Waals surface area contributed by atoms with Gasteiger partial charge in [0.25, 0.3) is 5.91 Å². The Morgan fingerprint density at radius 3 is 2.89 bits per heavy atom. The van der Waals surface area contributed by atoms with E-state index in [0.29, 0.717) is 30.1 Å². The zero-order valence-electron chi connectivity index (χ0n) is 16.1. The quantitative estimate of drug-likeness (QED) is 0.822. The SMILES string of the molecule is CC(C)CN1C[C@@H](OCc2cccc(F)c2)CN(C(=O)c2cn[nH]c2)CC1=O. The summed E-state index contributed by atoms with van der Waals surface area (Å²) >= 11 is 0. The fourth-order valence-electron chi connectivity index (χ4n) is 3.25. The lowest BCUT2D eigenvalue weighted by molar-refractivity contribution is -0.132. The molecular formula is C20H25FN4O3. The fraction of sp³-hybridized carbons (Fsp3) is 0.450. The van der Waals surface area contributed by atoms with E-state index in [4.69, 9.17) is 4.74 Å². The van der Waals surface area contributed by atoms with E-state index in [1.165, 1.54) is 29.4 Å². The molecule has 1 fully saturated rings. The molecule has 1 N–H and O–H groups in total. The Morgan fingerprint density at radius 1 is 1.39 bits per heavy atom. The third-order valence-electron chi connectivity index (χ3n) is 4.52. The van der Waals surface area contributed by atoms with Crippen molar-refractivity contribution in [1.29, 1.82) is 0 Å². The molecule has 1 aromatic heterocycles. The number of halogens is 1. The normalized spacial score (nSPS) is 17.9. The van der Waals surface area contributed by atoms with Crippen molar-refractivity contribution in [3.05, 3.63) is 53.6 Å². The van der Waals surface area contributed by atoms with E-state index in [0.717, 1.165) is 0 Å². The molecule has 150 valence electrons. The van der Waals surface area contributed by atoms with Crippen LogP contribution in [0.1, 0.15) is 29.8 Å². The van der Waals surface area contributed by atoms with Crippen LogP contribution in [-0.4, -0.2) is 64.1 Å². The molecule has 0 saturated carbocycles. The van der Waals surface area contributed by atoms with Gasteiger partial charge in [-0.05, 0) is 23.6 Å². The molecule has 1 aliphatic heterocycles. The van der Waals surface area contributed by atoms with Gasteiger partial charge in [0, 0.05) is 25.8 Å². The number of benzene rings is 1. The summed E-state index contributed by atoms with van der Waals surface area (Å²) in [7, 11) is 0. The molecule has 2 aromatic rings. The van der Waals surface area contributed by atoms with Gasteiger partial charge in [0.15, 0.2) is 0 Å². The molecule has 0 spiro atoms. The first kappa shape index (κ1) is 20.0. The Morgan fingerprint density at radius 2 is 2.21 bits per heavy atom. The number of ether oxygens (including phenoxy) is 1. The monoisotopic (exact) mass is 388 g/mol. The van der Waals surface area contributed by atoms with Gasteiger partial charge in [0.1, 0.15) is 12.4 Å². The molecule has 28 heavy (non-hydrogen) atoms. The lowest BCUT2D eigenvalue weighted by Gasteiger charge is -2.26. The average molecular weight is 388 g/mol. The molecule has 8 heteroatoms. The molecule has 1 atom stereocenters. The third-order valence-corrected chi connectivity index (χ3v) is 4.52. The molecule has 2 heterocycles. The van der Waals surface area contributed by atoms with Crippen molar-refractivity contribution < 1.29 is 18.7 Å². The molecule has 0 aliphatic carbocycles. The van der Waals surface area contributed by atoms with Crippen molar-refractivity contribution in [3.63, 3.8) is 0 Å². The van der Waals surface area contributed by atoms with Crippen LogP contribution in [0.15, 0.2) is 36.7 Å². The summed E-state index contributed by atoms with van der Waals surface area (Å²) in [5.41, 5.74) is 1.10. The molecule has 0 radical (unpaired) electrons. The molecule has 2 amide bonds. The van der Waals surface area contributed by atoms with E-state index < -0.39 is 0 Å². The second-order valence-electron chi connectivity index (χ2n) is 7.43. The maximum Gasteiger partial charge on any atom is 0.257 e. The van der Waals surface area contributed by atoms with E-state index in [2.05, 4.69) is 10.2 Å². The number of H-pyrrole nitrogens is 1. The van der Waals surface area contributed by atoms with E-state index in [1.807, 2.05) is 13.8 Å². The second-order valence-corrected chi connectivity index (χ2v) is 7.43. The minimum Gasteiger partial charge on any atom is -0.370 e. The van der Waals surface area contributed by atoms with E-state index in [9.17, 15) is 14.0 Å². The van der Waals surface area contributed by atoms with Crippen molar-refractivity contribution in [2.24, 2.45) is 5.92 Å². The van der Waals surface area contributed by atoms with Crippen molar-refractivity contribution >= 4 is 11.8 Å². The van der Waals surface area contributed by atoms with Crippen LogP contribution in [0.25, 0.3) is 0 Å². The van der Waals surface area contributed by atoms with Gasteiger partial charge in [0.05, 0.1) is 24.5 Å². The van der Waals surface area contributed by atoms with Crippen LogP contribution in [0.4, 0.5) is 4.39 Å². The van der Waals surface area contributed by atoms with Gasteiger partial charge in [0.2, 0.25) is 5.91 Å². The summed E-state index contributed by atoms with van der Waals surface area (Å²) in [6, 6.07) is 6.21. The number of hydrogen-bond donors (Lipinski definition) is 1. The number of hydrogen-bond acceptors (Lipinski definition) is 4. The summed E-state index contributed by atoms with van der Waals surface area (Å²) in [6.45, 7) is 5.54. The van der Waals surface area contributed by atoms with Crippen molar-refractivity contribution in [2.45, 2.75) is 26.6 Å². The van der Waals surface area contributed by atoms with Crippen LogP contribution in [0, 0.1) is 11.7 Å². The van der Waals surface area contributed by atoms with Crippen LogP contribution in [0.5, 0.6) is 0 Å². The first-order valence-electron chi connectivity index (χ1n) is 9.34. The van der Waals surface area contributed by atoms with Gasteiger partial charge in [-0.1, -0.05) is 26.0 Å². The van der Waals surface area contributed by atoms with E-state index in [1.54, 1.807) is 17.0 Å². The predicted octanol–water partition coefficient (Wildman–Crippen LogP) is 2.07. The average Bonchev–Trinajstić information content (AvgIpc) is 3.13. The fourth-order valence-corrected chi connectivity index (χ4v) is 3.25. The maximum atomic E-state index is 13.4. The molecule has 1 saturated heterocycles. The Bertz CT molecular complexity index is 810. The number of carbonyl (C=O) groups is 2. The van der Waals surface area contributed by atoms with Gasteiger partial charge in [-0.2, -0.15) is 5.10 Å². The maximum absolute atomic E-state index is 13.4. The van der Waals surface area contributed by atoms with Gasteiger partial charge >= 0.3 is 0 Å². The molecule has 1 aliphatic rings. The van der Waals surface area contributed by atoms with Crippen LogP contribution in [0.2, 0.25) is 0 Å². The Labute approximate surface area is 163 Å². The van der Waals surface area contributed by atoms with Crippen molar-refractivity contribution in [1.82, 2.24) is 20.0 Å². The van der Waals surface area contributed by atoms with Crippen LogP contribution < -0.4 is 0 Å². The second kappa shape index (κ2) is 8.97. The lowest BCUT2D eigenvalue weighted by Crippen LogP contribution is -2.40. The first-order valence-corrected chi connectivity index (χ1v) is 9.34. The van der Waals surface area contributed by atoms with E-state index >= 15 is 0 Å². The zero-order chi connectivity index (χ0) is 20.1. The van der Waals surface area contributed by atoms with Crippen molar-refractivity contribution in [2.75, 3.05) is 26.2 Å². The highest BCUT2D eigenvalue weighted by molar-refractivity contribution is 5.96. The highest BCUT2D eigenvalue weighted by atomic mass is 19.1. The molecule has 3 rings (SSSR count). The highest BCUT2D eigenvalue weighted by Crippen LogP contribution is 2.15. The molecule has 0 bridgehead atoms. The smallest absolute Gasteiger partial charge is 0.257 e. The first-order chi connectivity index (χ1) is 13.4. The predicted molar refractivity (Wildman–Crippen MR) is 101 cm³/mol. The van der Waals surface area contributed by atoms with Gasteiger partial charge in [-0.25, -0.2) is 4.39 Å². The minimum absolute atomic E-state index is 0.00341. The third kappa shape index (κ3) is 5.16. The zero-order valence-corrected chi connectivity index (χ0v) is 16.1. The van der Waals surface area contributed by atoms with Crippen molar-refractivity contribution in [3.8, 4) is 0 Å². The molecule has 0 unspecified atom stereocenters. The van der Waals surface area contributed by atoms with Crippen LogP contribution in [0.3, 0.4) is 0 Å². The topological polar surface area (TPSA) is 78.5 Å². The molecule has 1 aromatic carbocycles. The number of aromatic nitrogens is 2. The Hall–Kier alpha value is -2.74. The van der Waals surface area contributed by atoms with Gasteiger partial charge < -0.3 is 14.5 Å². The summed E-state index contributed by atoms with van der Waals surface area (Å²) in [4.78, 5) is 28.7. The Kier molecular flexibility index (Phi) is 6.41. The van der Waals surface area contributed by atoms with Gasteiger partial charge in [-0.3, -0.25) is 14.7 Å². The number of nitrogens with one attached hydrogen (secondary N) is 1. The number of nitrogens with zero attached hydrogens (tertiary/aromatic N) is 3. The summed E-state index contributed by atoms with van der Waals surface area (Å²) in [5, 5.41) is 6.42. The highest BCUT2D eigenvalue weighted by Gasteiger charge is 2.31. The van der Waals surface area contributed by atoms with Gasteiger partial charge in [-0.15, -0.1) is 0 Å². The van der Waals surface area contributed by atoms with Crippen LogP contribution in [-0.2, 0) is 16.1 Å².